The Kier molecular flexibility index (Phi) is 5.07. The van der Waals surface area contributed by atoms with Gasteiger partial charge in [-0.3, -0.25) is 0 Å². The van der Waals surface area contributed by atoms with Crippen molar-refractivity contribution in [2.45, 2.75) is 6.10 Å². The van der Waals surface area contributed by atoms with Crippen LogP contribution in [0.4, 0.5) is 0 Å². The number of aliphatic hydroxyl groups excluding tert-OH is 1. The first-order chi connectivity index (χ1) is 9.56. The minimum atomic E-state index is -0.788. The second-order valence-corrected chi connectivity index (χ2v) is 5.89. The molecule has 0 aliphatic carbocycles. The average Bonchev–Trinajstić information content (AvgIpc) is 2.48. The van der Waals surface area contributed by atoms with Crippen molar-refractivity contribution in [3.63, 3.8) is 0 Å². The van der Waals surface area contributed by atoms with Gasteiger partial charge in [0.2, 0.25) is 0 Å². The van der Waals surface area contributed by atoms with E-state index in [4.69, 9.17) is 9.47 Å². The van der Waals surface area contributed by atoms with Crippen LogP contribution in [0.5, 0.6) is 11.5 Å². The zero-order valence-corrected chi connectivity index (χ0v) is 14.2. The third kappa shape index (κ3) is 3.16. The molecule has 0 bridgehead atoms. The van der Waals surface area contributed by atoms with Crippen LogP contribution in [0, 0.1) is 0 Å². The number of ether oxygens (including phenoxy) is 2. The van der Waals surface area contributed by atoms with E-state index in [9.17, 15) is 5.11 Å². The molecular weight excluding hydrogens is 388 g/mol. The van der Waals surface area contributed by atoms with Gasteiger partial charge in [0.25, 0.3) is 0 Å². The first-order valence-corrected chi connectivity index (χ1v) is 7.50. The van der Waals surface area contributed by atoms with Crippen LogP contribution >= 0.6 is 31.9 Å². The van der Waals surface area contributed by atoms with Gasteiger partial charge in [-0.2, -0.15) is 0 Å². The minimum absolute atomic E-state index is 0.623. The number of halogens is 2. The quantitative estimate of drug-likeness (QED) is 0.829. The smallest absolute Gasteiger partial charge is 0.125 e. The Balaban J connectivity index is 2.45. The van der Waals surface area contributed by atoms with Gasteiger partial charge >= 0.3 is 0 Å². The normalized spacial score (nSPS) is 12.1. The standard InChI is InChI=1S/C15H14Br2O3/c1-19-10-4-6-14(20-2)11(8-10)15(18)9-3-5-12(16)13(17)7-9/h3-8,15,18H,1-2H3. The van der Waals surface area contributed by atoms with Crippen molar-refractivity contribution in [2.75, 3.05) is 14.2 Å². The molecule has 3 nitrogen and oxygen atoms in total. The summed E-state index contributed by atoms with van der Waals surface area (Å²) in [7, 11) is 3.17. The van der Waals surface area contributed by atoms with Gasteiger partial charge in [-0.15, -0.1) is 0 Å². The van der Waals surface area contributed by atoms with Crippen LogP contribution < -0.4 is 9.47 Å². The summed E-state index contributed by atoms with van der Waals surface area (Å²) in [6, 6.07) is 11.0. The first kappa shape index (κ1) is 15.4. The molecule has 0 fully saturated rings. The number of hydrogen-bond acceptors (Lipinski definition) is 3. The largest absolute Gasteiger partial charge is 0.497 e. The van der Waals surface area contributed by atoms with Crippen LogP contribution in [-0.4, -0.2) is 19.3 Å². The number of aliphatic hydroxyl groups is 1. The van der Waals surface area contributed by atoms with E-state index < -0.39 is 6.10 Å². The lowest BCUT2D eigenvalue weighted by Gasteiger charge is -2.17. The number of methoxy groups -OCH3 is 2. The predicted molar refractivity (Wildman–Crippen MR) is 85.4 cm³/mol. The molecule has 0 aromatic heterocycles. The van der Waals surface area contributed by atoms with Crippen molar-refractivity contribution in [1.82, 2.24) is 0 Å². The van der Waals surface area contributed by atoms with Crippen LogP contribution in [0.1, 0.15) is 17.2 Å². The molecule has 0 aliphatic rings. The lowest BCUT2D eigenvalue weighted by Crippen LogP contribution is -2.03. The molecule has 0 saturated carbocycles. The molecule has 0 saturated heterocycles. The second-order valence-electron chi connectivity index (χ2n) is 4.18. The van der Waals surface area contributed by atoms with Gasteiger partial charge in [-0.05, 0) is 67.8 Å². The van der Waals surface area contributed by atoms with Crippen molar-refractivity contribution in [3.8, 4) is 11.5 Å². The molecule has 0 amide bonds. The van der Waals surface area contributed by atoms with Crippen LogP contribution in [0.2, 0.25) is 0 Å². The van der Waals surface area contributed by atoms with Crippen LogP contribution in [-0.2, 0) is 0 Å². The van der Waals surface area contributed by atoms with Gasteiger partial charge in [0.15, 0.2) is 0 Å². The maximum atomic E-state index is 10.6. The highest BCUT2D eigenvalue weighted by atomic mass is 79.9. The van der Waals surface area contributed by atoms with E-state index in [-0.39, 0.29) is 0 Å². The fourth-order valence-corrected chi connectivity index (χ4v) is 2.56. The van der Waals surface area contributed by atoms with E-state index in [0.29, 0.717) is 17.1 Å². The third-order valence-electron chi connectivity index (χ3n) is 2.99. The fraction of sp³-hybridized carbons (Fsp3) is 0.200. The van der Waals surface area contributed by atoms with Gasteiger partial charge < -0.3 is 14.6 Å². The van der Waals surface area contributed by atoms with Crippen LogP contribution in [0.25, 0.3) is 0 Å². The Bertz CT molecular complexity index is 614. The summed E-state index contributed by atoms with van der Waals surface area (Å²) < 4.78 is 12.3. The topological polar surface area (TPSA) is 38.7 Å². The molecule has 106 valence electrons. The number of hydrogen-bond donors (Lipinski definition) is 1. The molecule has 0 aliphatic heterocycles. The summed E-state index contributed by atoms with van der Waals surface area (Å²) in [6.45, 7) is 0. The highest BCUT2D eigenvalue weighted by Gasteiger charge is 2.17. The molecule has 0 heterocycles. The molecular formula is C15H14Br2O3. The molecule has 1 N–H and O–H groups in total. The molecule has 5 heteroatoms. The summed E-state index contributed by atoms with van der Waals surface area (Å²) >= 11 is 6.85. The highest BCUT2D eigenvalue weighted by molar-refractivity contribution is 9.13. The Morgan fingerprint density at radius 2 is 1.70 bits per heavy atom. The molecule has 1 atom stereocenters. The summed E-state index contributed by atoms with van der Waals surface area (Å²) in [5.74, 6) is 1.30. The van der Waals surface area contributed by atoms with Gasteiger partial charge in [0, 0.05) is 14.5 Å². The zero-order valence-electron chi connectivity index (χ0n) is 11.1. The third-order valence-corrected chi connectivity index (χ3v) is 4.87. The van der Waals surface area contributed by atoms with Crippen LogP contribution in [0.15, 0.2) is 45.3 Å². The Morgan fingerprint density at radius 1 is 0.950 bits per heavy atom. The SMILES string of the molecule is COc1ccc(OC)c(C(O)c2ccc(Br)c(Br)c2)c1. The summed E-state index contributed by atoms with van der Waals surface area (Å²) in [5.41, 5.74) is 1.44. The van der Waals surface area contributed by atoms with E-state index in [1.54, 1.807) is 32.4 Å². The van der Waals surface area contributed by atoms with E-state index in [1.807, 2.05) is 18.2 Å². The zero-order chi connectivity index (χ0) is 14.7. The minimum Gasteiger partial charge on any atom is -0.497 e. The van der Waals surface area contributed by atoms with Crippen molar-refractivity contribution in [2.24, 2.45) is 0 Å². The van der Waals surface area contributed by atoms with Crippen molar-refractivity contribution >= 4 is 31.9 Å². The van der Waals surface area contributed by atoms with Gasteiger partial charge in [0.1, 0.15) is 17.6 Å². The maximum absolute atomic E-state index is 10.6. The first-order valence-electron chi connectivity index (χ1n) is 5.91. The molecule has 0 spiro atoms. The molecule has 2 aromatic rings. The van der Waals surface area contributed by atoms with Crippen molar-refractivity contribution < 1.29 is 14.6 Å². The van der Waals surface area contributed by atoms with E-state index in [2.05, 4.69) is 31.9 Å². The summed E-state index contributed by atoms with van der Waals surface area (Å²) in [6.07, 6.45) is -0.788. The fourth-order valence-electron chi connectivity index (χ4n) is 1.92. The number of rotatable bonds is 4. The van der Waals surface area contributed by atoms with E-state index in [0.717, 1.165) is 14.5 Å². The molecule has 0 radical (unpaired) electrons. The average molecular weight is 402 g/mol. The van der Waals surface area contributed by atoms with Crippen molar-refractivity contribution in [3.05, 3.63) is 56.5 Å². The summed E-state index contributed by atoms with van der Waals surface area (Å²) in [5, 5.41) is 10.6. The maximum Gasteiger partial charge on any atom is 0.125 e. The Labute approximate surface area is 134 Å². The van der Waals surface area contributed by atoms with E-state index in [1.165, 1.54) is 0 Å². The Morgan fingerprint density at radius 3 is 2.30 bits per heavy atom. The van der Waals surface area contributed by atoms with Gasteiger partial charge in [-0.1, -0.05) is 6.07 Å². The number of benzene rings is 2. The highest BCUT2D eigenvalue weighted by Crippen LogP contribution is 2.35. The lowest BCUT2D eigenvalue weighted by molar-refractivity contribution is 0.214. The second kappa shape index (κ2) is 6.61. The van der Waals surface area contributed by atoms with Crippen LogP contribution in [0.3, 0.4) is 0 Å². The molecule has 2 aromatic carbocycles. The van der Waals surface area contributed by atoms with Crippen molar-refractivity contribution in [1.29, 1.82) is 0 Å². The van der Waals surface area contributed by atoms with Gasteiger partial charge in [0.05, 0.1) is 14.2 Å². The van der Waals surface area contributed by atoms with Gasteiger partial charge in [-0.25, -0.2) is 0 Å². The monoisotopic (exact) mass is 400 g/mol. The predicted octanol–water partition coefficient (Wildman–Crippen LogP) is 4.31. The lowest BCUT2D eigenvalue weighted by atomic mass is 10.0. The summed E-state index contributed by atoms with van der Waals surface area (Å²) in [4.78, 5) is 0. The molecule has 20 heavy (non-hydrogen) atoms. The Hall–Kier alpha value is -1.04. The molecule has 1 unspecified atom stereocenters. The molecule has 2 rings (SSSR count). The van der Waals surface area contributed by atoms with E-state index >= 15 is 0 Å².